The Labute approximate surface area is 125 Å². The van der Waals surface area contributed by atoms with Crippen molar-refractivity contribution in [2.24, 2.45) is 17.1 Å². The summed E-state index contributed by atoms with van der Waals surface area (Å²) in [6.45, 7) is 1.99. The quantitative estimate of drug-likeness (QED) is 0.841. The molecule has 0 heterocycles. The number of alkyl halides is 3. The second-order valence-corrected chi connectivity index (χ2v) is 5.93. The maximum atomic E-state index is 12.5. The molecule has 0 unspecified atom stereocenters. The average molecular weight is 316 g/mol. The fraction of sp³-hybridized carbons (Fsp3) is 0.429. The minimum atomic E-state index is -4.40. The summed E-state index contributed by atoms with van der Waals surface area (Å²) in [5, 5.41) is 2.59. The van der Waals surface area contributed by atoms with E-state index in [0.29, 0.717) is 24.4 Å². The van der Waals surface area contributed by atoms with Crippen LogP contribution >= 0.6 is 12.2 Å². The average Bonchev–Trinajstić information content (AvgIpc) is 2.33. The number of nitrogens with one attached hydrogen (secondary N) is 1. The van der Waals surface area contributed by atoms with Gasteiger partial charge in [0.2, 0.25) is 5.91 Å². The summed E-state index contributed by atoms with van der Waals surface area (Å²) in [7, 11) is 0. The monoisotopic (exact) mass is 316 g/mol. The molecule has 21 heavy (non-hydrogen) atoms. The number of thiocarbonyl (C=S) groups is 1. The van der Waals surface area contributed by atoms with Gasteiger partial charge in [0, 0.05) is 5.69 Å². The number of benzene rings is 1. The topological polar surface area (TPSA) is 55.1 Å². The molecule has 1 aromatic carbocycles. The molecule has 0 radical (unpaired) electrons. The first-order valence-electron chi connectivity index (χ1n) is 6.44. The van der Waals surface area contributed by atoms with Crippen LogP contribution in [0.15, 0.2) is 24.3 Å². The van der Waals surface area contributed by atoms with Crippen LogP contribution in [-0.4, -0.2) is 10.9 Å². The predicted molar refractivity (Wildman–Crippen MR) is 77.7 cm³/mol. The number of rotatable bonds is 3. The number of halogens is 3. The standard InChI is InChI=1S/C14H15F3N2OS/c1-8-6-13(7-8,11(18)21)12(20)19-10-4-2-9(3-5-10)14(15,16)17/h2-5,8H,6-7H2,1H3,(H2,18,21)(H,19,20). The summed E-state index contributed by atoms with van der Waals surface area (Å²) in [6, 6.07) is 4.28. The fourth-order valence-corrected chi connectivity index (χ4v) is 2.88. The van der Waals surface area contributed by atoms with Crippen molar-refractivity contribution >= 4 is 28.8 Å². The lowest BCUT2D eigenvalue weighted by atomic mass is 9.62. The van der Waals surface area contributed by atoms with Crippen LogP contribution in [0.2, 0.25) is 0 Å². The molecule has 0 aliphatic heterocycles. The van der Waals surface area contributed by atoms with Crippen molar-refractivity contribution in [1.82, 2.24) is 0 Å². The summed E-state index contributed by atoms with van der Waals surface area (Å²) in [5.41, 5.74) is 4.31. The Morgan fingerprint density at radius 3 is 2.24 bits per heavy atom. The van der Waals surface area contributed by atoms with Crippen LogP contribution < -0.4 is 11.1 Å². The van der Waals surface area contributed by atoms with E-state index in [0.717, 1.165) is 12.1 Å². The molecule has 0 saturated heterocycles. The molecule has 2 rings (SSSR count). The van der Waals surface area contributed by atoms with Gasteiger partial charge in [-0.05, 0) is 43.0 Å². The van der Waals surface area contributed by atoms with Gasteiger partial charge in [-0.3, -0.25) is 4.79 Å². The Bertz CT molecular complexity index is 563. The highest BCUT2D eigenvalue weighted by Gasteiger charge is 2.50. The number of carbonyl (C=O) groups is 1. The number of amides is 1. The number of hydrogen-bond acceptors (Lipinski definition) is 2. The third-order valence-corrected chi connectivity index (χ3v) is 4.16. The van der Waals surface area contributed by atoms with Gasteiger partial charge in [-0.1, -0.05) is 19.1 Å². The third kappa shape index (κ3) is 3.02. The SMILES string of the molecule is CC1CC(C(=O)Nc2ccc(C(F)(F)F)cc2)(C(N)=S)C1. The number of anilines is 1. The van der Waals surface area contributed by atoms with Crippen LogP contribution in [0.4, 0.5) is 18.9 Å². The summed E-state index contributed by atoms with van der Waals surface area (Å²) in [6.07, 6.45) is -3.27. The molecule has 1 aliphatic rings. The maximum absolute atomic E-state index is 12.5. The van der Waals surface area contributed by atoms with Crippen molar-refractivity contribution in [3.05, 3.63) is 29.8 Å². The van der Waals surface area contributed by atoms with Crippen molar-refractivity contribution in [1.29, 1.82) is 0 Å². The molecule has 1 amide bonds. The van der Waals surface area contributed by atoms with Crippen molar-refractivity contribution < 1.29 is 18.0 Å². The van der Waals surface area contributed by atoms with E-state index in [1.54, 1.807) is 0 Å². The number of nitrogens with two attached hydrogens (primary N) is 1. The summed E-state index contributed by atoms with van der Waals surface area (Å²) in [4.78, 5) is 12.4. The van der Waals surface area contributed by atoms with E-state index >= 15 is 0 Å². The molecule has 1 saturated carbocycles. The molecule has 0 aromatic heterocycles. The summed E-state index contributed by atoms with van der Waals surface area (Å²) < 4.78 is 37.4. The van der Waals surface area contributed by atoms with Crippen molar-refractivity contribution in [3.8, 4) is 0 Å². The van der Waals surface area contributed by atoms with Crippen molar-refractivity contribution in [2.45, 2.75) is 25.9 Å². The van der Waals surface area contributed by atoms with Gasteiger partial charge in [-0.2, -0.15) is 13.2 Å². The summed E-state index contributed by atoms with van der Waals surface area (Å²) in [5.74, 6) is -0.00212. The first kappa shape index (κ1) is 15.8. The first-order chi connectivity index (χ1) is 9.65. The molecular weight excluding hydrogens is 301 g/mol. The highest BCUT2D eigenvalue weighted by molar-refractivity contribution is 7.80. The van der Waals surface area contributed by atoms with E-state index < -0.39 is 17.2 Å². The van der Waals surface area contributed by atoms with Crippen LogP contribution in [-0.2, 0) is 11.0 Å². The van der Waals surface area contributed by atoms with Gasteiger partial charge in [-0.15, -0.1) is 0 Å². The van der Waals surface area contributed by atoms with E-state index in [4.69, 9.17) is 18.0 Å². The molecule has 114 valence electrons. The summed E-state index contributed by atoms with van der Waals surface area (Å²) >= 11 is 4.96. The molecule has 0 bridgehead atoms. The van der Waals surface area contributed by atoms with E-state index in [9.17, 15) is 18.0 Å². The zero-order valence-corrected chi connectivity index (χ0v) is 12.1. The zero-order valence-electron chi connectivity index (χ0n) is 11.3. The first-order valence-corrected chi connectivity index (χ1v) is 6.84. The van der Waals surface area contributed by atoms with Gasteiger partial charge < -0.3 is 11.1 Å². The van der Waals surface area contributed by atoms with Crippen LogP contribution in [0.5, 0.6) is 0 Å². The fourth-order valence-electron chi connectivity index (χ4n) is 2.62. The lowest BCUT2D eigenvalue weighted by Gasteiger charge is -2.44. The second-order valence-electron chi connectivity index (χ2n) is 5.49. The molecule has 0 atom stereocenters. The van der Waals surface area contributed by atoms with Gasteiger partial charge >= 0.3 is 6.18 Å². The van der Waals surface area contributed by atoms with Crippen molar-refractivity contribution in [2.75, 3.05) is 5.32 Å². The smallest absolute Gasteiger partial charge is 0.392 e. The van der Waals surface area contributed by atoms with Crippen molar-refractivity contribution in [3.63, 3.8) is 0 Å². The Balaban J connectivity index is 2.11. The van der Waals surface area contributed by atoms with E-state index in [1.165, 1.54) is 12.1 Å². The van der Waals surface area contributed by atoms with Crippen LogP contribution in [0.3, 0.4) is 0 Å². The maximum Gasteiger partial charge on any atom is 0.416 e. The lowest BCUT2D eigenvalue weighted by molar-refractivity contribution is -0.137. The highest BCUT2D eigenvalue weighted by Crippen LogP contribution is 2.46. The number of hydrogen-bond donors (Lipinski definition) is 2. The minimum Gasteiger partial charge on any atom is -0.392 e. The van der Waals surface area contributed by atoms with Crippen LogP contribution in [0.25, 0.3) is 0 Å². The number of carbonyl (C=O) groups excluding carboxylic acids is 1. The molecule has 3 N–H and O–H groups in total. The van der Waals surface area contributed by atoms with Gasteiger partial charge in [0.05, 0.1) is 16.0 Å². The van der Waals surface area contributed by atoms with E-state index in [-0.39, 0.29) is 10.9 Å². The molecule has 1 aromatic rings. The molecule has 1 aliphatic carbocycles. The highest BCUT2D eigenvalue weighted by atomic mass is 32.1. The third-order valence-electron chi connectivity index (χ3n) is 3.77. The molecule has 0 spiro atoms. The normalized spacial score (nSPS) is 25.0. The Hall–Kier alpha value is -1.63. The van der Waals surface area contributed by atoms with Crippen LogP contribution in [0, 0.1) is 11.3 Å². The Kier molecular flexibility index (Phi) is 3.97. The largest absolute Gasteiger partial charge is 0.416 e. The van der Waals surface area contributed by atoms with Crippen LogP contribution in [0.1, 0.15) is 25.3 Å². The molecule has 7 heteroatoms. The molecule has 1 fully saturated rings. The minimum absolute atomic E-state index is 0.130. The van der Waals surface area contributed by atoms with Gasteiger partial charge in [0.1, 0.15) is 0 Å². The van der Waals surface area contributed by atoms with E-state index in [2.05, 4.69) is 5.32 Å². The Morgan fingerprint density at radius 1 is 1.33 bits per heavy atom. The lowest BCUT2D eigenvalue weighted by Crippen LogP contribution is -2.53. The molecule has 3 nitrogen and oxygen atoms in total. The molecular formula is C14H15F3N2OS. The van der Waals surface area contributed by atoms with Gasteiger partial charge in [0.25, 0.3) is 0 Å². The van der Waals surface area contributed by atoms with Gasteiger partial charge in [0.15, 0.2) is 0 Å². The zero-order chi connectivity index (χ0) is 15.8. The predicted octanol–water partition coefficient (Wildman–Crippen LogP) is 3.35. The Morgan fingerprint density at radius 2 is 1.86 bits per heavy atom. The second kappa shape index (κ2) is 5.29. The van der Waals surface area contributed by atoms with Gasteiger partial charge in [-0.25, -0.2) is 0 Å². The van der Waals surface area contributed by atoms with E-state index in [1.807, 2.05) is 6.92 Å².